The summed E-state index contributed by atoms with van der Waals surface area (Å²) in [5.41, 5.74) is 0.800. The van der Waals surface area contributed by atoms with Crippen LogP contribution in [0.2, 0.25) is 5.02 Å². The molecule has 0 unspecified atom stereocenters. The SMILES string of the molecule is Cc1ccc(CN2CCC[C@@](COc3ccc(Cl)c(C)c3)(CC(=O)N3CCOCC3)C2)s1. The maximum atomic E-state index is 13.2. The number of hydrogen-bond donors (Lipinski definition) is 0. The van der Waals surface area contributed by atoms with Crippen LogP contribution in [-0.4, -0.2) is 61.7 Å². The van der Waals surface area contributed by atoms with Gasteiger partial charge in [0.1, 0.15) is 5.75 Å². The van der Waals surface area contributed by atoms with Crippen LogP contribution >= 0.6 is 22.9 Å². The molecule has 0 saturated carbocycles. The van der Waals surface area contributed by atoms with Crippen LogP contribution in [0.3, 0.4) is 0 Å². The summed E-state index contributed by atoms with van der Waals surface area (Å²) in [6, 6.07) is 10.2. The van der Waals surface area contributed by atoms with E-state index >= 15 is 0 Å². The van der Waals surface area contributed by atoms with Crippen LogP contribution in [0.5, 0.6) is 5.75 Å². The van der Waals surface area contributed by atoms with Gasteiger partial charge in [0.15, 0.2) is 0 Å². The highest BCUT2D eigenvalue weighted by Crippen LogP contribution is 2.36. The van der Waals surface area contributed by atoms with Gasteiger partial charge >= 0.3 is 0 Å². The topological polar surface area (TPSA) is 42.0 Å². The maximum absolute atomic E-state index is 13.2. The number of nitrogens with zero attached hydrogens (tertiary/aromatic N) is 2. The Morgan fingerprint density at radius 3 is 2.72 bits per heavy atom. The van der Waals surface area contributed by atoms with Crippen LogP contribution in [-0.2, 0) is 16.1 Å². The molecule has 0 bridgehead atoms. The Kier molecular flexibility index (Phi) is 7.77. The molecule has 32 heavy (non-hydrogen) atoms. The molecule has 2 aromatic rings. The molecule has 0 spiro atoms. The average Bonchev–Trinajstić information content (AvgIpc) is 3.20. The second kappa shape index (κ2) is 10.6. The molecule has 1 atom stereocenters. The van der Waals surface area contributed by atoms with E-state index in [4.69, 9.17) is 21.1 Å². The molecule has 1 aromatic heterocycles. The number of thiophene rings is 1. The normalized spacial score (nSPS) is 22.2. The van der Waals surface area contributed by atoms with Gasteiger partial charge in [-0.25, -0.2) is 0 Å². The van der Waals surface area contributed by atoms with E-state index in [-0.39, 0.29) is 11.3 Å². The number of benzene rings is 1. The number of likely N-dealkylation sites (tertiary alicyclic amines) is 1. The van der Waals surface area contributed by atoms with Gasteiger partial charge in [0, 0.05) is 52.8 Å². The Balaban J connectivity index is 1.49. The lowest BCUT2D eigenvalue weighted by atomic mass is 9.77. The molecule has 2 aliphatic heterocycles. The van der Waals surface area contributed by atoms with Crippen molar-refractivity contribution in [1.29, 1.82) is 0 Å². The third-order valence-electron chi connectivity index (χ3n) is 6.48. The van der Waals surface area contributed by atoms with Crippen molar-refractivity contribution in [3.8, 4) is 5.75 Å². The number of morpholine rings is 1. The van der Waals surface area contributed by atoms with E-state index in [9.17, 15) is 4.79 Å². The van der Waals surface area contributed by atoms with Crippen molar-refractivity contribution in [2.45, 2.75) is 39.7 Å². The van der Waals surface area contributed by atoms with Gasteiger partial charge in [0.25, 0.3) is 0 Å². The molecule has 1 amide bonds. The Morgan fingerprint density at radius 1 is 1.19 bits per heavy atom. The number of halogens is 1. The zero-order chi connectivity index (χ0) is 22.6. The first-order chi connectivity index (χ1) is 15.4. The zero-order valence-electron chi connectivity index (χ0n) is 19.1. The van der Waals surface area contributed by atoms with Crippen molar-refractivity contribution in [3.05, 3.63) is 50.7 Å². The molecule has 2 fully saturated rings. The third kappa shape index (κ3) is 6.04. The molecule has 0 aliphatic carbocycles. The fraction of sp³-hybridized carbons (Fsp3) is 0.560. The number of carbonyl (C=O) groups is 1. The summed E-state index contributed by atoms with van der Waals surface area (Å²) in [6.07, 6.45) is 2.58. The van der Waals surface area contributed by atoms with Gasteiger partial charge in [-0.2, -0.15) is 0 Å². The van der Waals surface area contributed by atoms with Gasteiger partial charge < -0.3 is 14.4 Å². The number of carbonyl (C=O) groups excluding carboxylic acids is 1. The van der Waals surface area contributed by atoms with Gasteiger partial charge in [0.05, 0.1) is 19.8 Å². The van der Waals surface area contributed by atoms with Gasteiger partial charge in [0.2, 0.25) is 5.91 Å². The molecule has 2 saturated heterocycles. The molecule has 0 N–H and O–H groups in total. The van der Waals surface area contributed by atoms with Gasteiger partial charge in [-0.15, -0.1) is 11.3 Å². The van der Waals surface area contributed by atoms with Crippen molar-refractivity contribution < 1.29 is 14.3 Å². The summed E-state index contributed by atoms with van der Waals surface area (Å²) in [7, 11) is 0. The van der Waals surface area contributed by atoms with Crippen molar-refractivity contribution in [2.24, 2.45) is 5.41 Å². The molecule has 7 heteroatoms. The minimum absolute atomic E-state index is 0.201. The van der Waals surface area contributed by atoms with E-state index < -0.39 is 0 Å². The third-order valence-corrected chi connectivity index (χ3v) is 7.89. The first-order valence-corrected chi connectivity index (χ1v) is 12.6. The van der Waals surface area contributed by atoms with E-state index in [1.54, 1.807) is 0 Å². The predicted molar refractivity (Wildman–Crippen MR) is 130 cm³/mol. The standard InChI is InChI=1S/C25H33ClN2O3S/c1-19-14-21(5-7-23(19)26)31-18-25(15-24(29)28-10-12-30-13-11-28)8-3-9-27(17-25)16-22-6-4-20(2)32-22/h4-7,14H,3,8-13,15-18H2,1-2H3/t25-/m1/s1. The highest BCUT2D eigenvalue weighted by atomic mass is 35.5. The number of hydrogen-bond acceptors (Lipinski definition) is 5. The minimum atomic E-state index is -0.201. The number of amides is 1. The summed E-state index contributed by atoms with van der Waals surface area (Å²) < 4.78 is 11.7. The van der Waals surface area contributed by atoms with Crippen LogP contribution in [0, 0.1) is 19.3 Å². The summed E-state index contributed by atoms with van der Waals surface area (Å²) in [5, 5.41) is 0.740. The predicted octanol–water partition coefficient (Wildman–Crippen LogP) is 4.93. The van der Waals surface area contributed by atoms with E-state index in [1.807, 2.05) is 41.4 Å². The number of piperidine rings is 1. The molecular weight excluding hydrogens is 444 g/mol. The lowest BCUT2D eigenvalue weighted by Crippen LogP contribution is -2.50. The number of ether oxygens (including phenoxy) is 2. The summed E-state index contributed by atoms with van der Waals surface area (Å²) in [6.45, 7) is 10.2. The van der Waals surface area contributed by atoms with Crippen LogP contribution in [0.1, 0.15) is 34.6 Å². The Bertz CT molecular complexity index is 928. The van der Waals surface area contributed by atoms with E-state index in [2.05, 4.69) is 24.0 Å². The summed E-state index contributed by atoms with van der Waals surface area (Å²) in [4.78, 5) is 20.4. The molecule has 5 nitrogen and oxygen atoms in total. The molecule has 1 aromatic carbocycles. The van der Waals surface area contributed by atoms with Crippen molar-refractivity contribution in [1.82, 2.24) is 9.80 Å². The first-order valence-electron chi connectivity index (χ1n) is 11.4. The first kappa shape index (κ1) is 23.6. The van der Waals surface area contributed by atoms with E-state index in [0.717, 1.165) is 48.8 Å². The maximum Gasteiger partial charge on any atom is 0.223 e. The lowest BCUT2D eigenvalue weighted by Gasteiger charge is -2.43. The molecule has 4 rings (SSSR count). The molecule has 3 heterocycles. The quantitative estimate of drug-likeness (QED) is 0.568. The van der Waals surface area contributed by atoms with Crippen molar-refractivity contribution >= 4 is 28.8 Å². The van der Waals surface area contributed by atoms with Crippen LogP contribution < -0.4 is 4.74 Å². The smallest absolute Gasteiger partial charge is 0.223 e. The lowest BCUT2D eigenvalue weighted by molar-refractivity contribution is -0.139. The van der Waals surface area contributed by atoms with Crippen LogP contribution in [0.25, 0.3) is 0 Å². The van der Waals surface area contributed by atoms with Gasteiger partial charge in [-0.1, -0.05) is 11.6 Å². The molecular formula is C25H33ClN2O3S. The number of aryl methyl sites for hydroxylation is 2. The monoisotopic (exact) mass is 476 g/mol. The second-order valence-electron chi connectivity index (χ2n) is 9.20. The molecule has 2 aliphatic rings. The molecule has 0 radical (unpaired) electrons. The zero-order valence-corrected chi connectivity index (χ0v) is 20.6. The van der Waals surface area contributed by atoms with Gasteiger partial charge in [-0.3, -0.25) is 9.69 Å². The van der Waals surface area contributed by atoms with E-state index in [0.29, 0.717) is 39.3 Å². The van der Waals surface area contributed by atoms with Crippen molar-refractivity contribution in [2.75, 3.05) is 46.0 Å². The Labute approximate surface area is 200 Å². The highest BCUT2D eigenvalue weighted by molar-refractivity contribution is 7.11. The Hall–Kier alpha value is -1.60. The summed E-state index contributed by atoms with van der Waals surface area (Å²) in [5.74, 6) is 1.04. The second-order valence-corrected chi connectivity index (χ2v) is 11.0. The van der Waals surface area contributed by atoms with E-state index in [1.165, 1.54) is 9.75 Å². The Morgan fingerprint density at radius 2 is 2.00 bits per heavy atom. The number of rotatable bonds is 7. The highest BCUT2D eigenvalue weighted by Gasteiger charge is 2.39. The summed E-state index contributed by atoms with van der Waals surface area (Å²) >= 11 is 8.04. The van der Waals surface area contributed by atoms with Crippen LogP contribution in [0.15, 0.2) is 30.3 Å². The average molecular weight is 477 g/mol. The molecule has 174 valence electrons. The largest absolute Gasteiger partial charge is 0.493 e. The minimum Gasteiger partial charge on any atom is -0.493 e. The fourth-order valence-corrected chi connectivity index (χ4v) is 5.79. The fourth-order valence-electron chi connectivity index (χ4n) is 4.74. The van der Waals surface area contributed by atoms with Crippen molar-refractivity contribution in [3.63, 3.8) is 0 Å². The van der Waals surface area contributed by atoms with Crippen LogP contribution in [0.4, 0.5) is 0 Å². The van der Waals surface area contributed by atoms with Gasteiger partial charge in [-0.05, 0) is 69.1 Å².